The molecule has 2 N–H and O–H groups in total. The molecule has 0 aliphatic carbocycles. The zero-order valence-corrected chi connectivity index (χ0v) is 11.2. The monoisotopic (exact) mass is 265 g/mol. The molecular formula is C14H19NO4. The van der Waals surface area contributed by atoms with Crippen molar-refractivity contribution in [3.05, 3.63) is 29.8 Å². The van der Waals surface area contributed by atoms with E-state index >= 15 is 0 Å². The van der Waals surface area contributed by atoms with Crippen molar-refractivity contribution in [2.45, 2.75) is 32.7 Å². The molecule has 0 heterocycles. The van der Waals surface area contributed by atoms with Crippen LogP contribution < -0.4 is 10.1 Å². The van der Waals surface area contributed by atoms with E-state index in [1.807, 2.05) is 31.2 Å². The minimum Gasteiger partial charge on any atom is -0.494 e. The number of hydrogen-bond donors (Lipinski definition) is 2. The van der Waals surface area contributed by atoms with Crippen molar-refractivity contribution in [1.29, 1.82) is 0 Å². The molecule has 1 aromatic rings. The highest BCUT2D eigenvalue weighted by Gasteiger charge is 2.13. The molecule has 1 aromatic carbocycles. The molecule has 5 heteroatoms. The Bertz CT molecular complexity index is 445. The number of hydrogen-bond acceptors (Lipinski definition) is 3. The second kappa shape index (κ2) is 7.41. The average molecular weight is 265 g/mol. The van der Waals surface area contributed by atoms with E-state index in [1.54, 1.807) is 0 Å². The van der Waals surface area contributed by atoms with Crippen LogP contribution >= 0.6 is 0 Å². The van der Waals surface area contributed by atoms with Crippen LogP contribution in [0, 0.1) is 6.92 Å². The van der Waals surface area contributed by atoms with Gasteiger partial charge >= 0.3 is 5.97 Å². The van der Waals surface area contributed by atoms with Crippen molar-refractivity contribution >= 4 is 11.9 Å². The van der Waals surface area contributed by atoms with Crippen LogP contribution in [0.2, 0.25) is 0 Å². The van der Waals surface area contributed by atoms with Gasteiger partial charge < -0.3 is 15.2 Å². The Morgan fingerprint density at radius 2 is 2.16 bits per heavy atom. The van der Waals surface area contributed by atoms with E-state index in [0.29, 0.717) is 13.0 Å². The normalized spacial score (nSPS) is 11.7. The summed E-state index contributed by atoms with van der Waals surface area (Å²) < 4.78 is 5.49. The summed E-state index contributed by atoms with van der Waals surface area (Å²) in [5, 5.41) is 11.0. The lowest BCUT2D eigenvalue weighted by atomic mass is 10.2. The van der Waals surface area contributed by atoms with Crippen molar-refractivity contribution in [3.8, 4) is 5.75 Å². The molecule has 0 saturated heterocycles. The summed E-state index contributed by atoms with van der Waals surface area (Å²) in [5.41, 5.74) is 1.12. The molecule has 0 spiro atoms. The van der Waals surface area contributed by atoms with Crippen LogP contribution in [0.4, 0.5) is 0 Å². The summed E-state index contributed by atoms with van der Waals surface area (Å²) in [5.74, 6) is -0.536. The summed E-state index contributed by atoms with van der Waals surface area (Å²) >= 11 is 0. The number of aryl methyl sites for hydroxylation is 1. The van der Waals surface area contributed by atoms with Gasteiger partial charge in [0.1, 0.15) is 11.8 Å². The largest absolute Gasteiger partial charge is 0.494 e. The third-order valence-electron chi connectivity index (χ3n) is 2.55. The van der Waals surface area contributed by atoms with Gasteiger partial charge in [-0.2, -0.15) is 0 Å². The van der Waals surface area contributed by atoms with Gasteiger partial charge in [-0.3, -0.25) is 9.59 Å². The van der Waals surface area contributed by atoms with E-state index in [9.17, 15) is 9.59 Å². The number of rotatable bonds is 7. The number of carboxylic acid groups (broad SMARTS) is 1. The smallest absolute Gasteiger partial charge is 0.325 e. The summed E-state index contributed by atoms with van der Waals surface area (Å²) in [4.78, 5) is 21.9. The number of nitrogens with one attached hydrogen (secondary N) is 1. The molecule has 0 saturated carbocycles. The Labute approximate surface area is 112 Å². The van der Waals surface area contributed by atoms with E-state index in [2.05, 4.69) is 5.32 Å². The first-order valence-electron chi connectivity index (χ1n) is 6.20. The summed E-state index contributed by atoms with van der Waals surface area (Å²) in [7, 11) is 0. The lowest BCUT2D eigenvalue weighted by molar-refractivity contribution is -0.141. The van der Waals surface area contributed by atoms with E-state index in [1.165, 1.54) is 6.92 Å². The van der Waals surface area contributed by atoms with Crippen LogP contribution in [0.5, 0.6) is 5.75 Å². The van der Waals surface area contributed by atoms with E-state index in [4.69, 9.17) is 9.84 Å². The van der Waals surface area contributed by atoms with Crippen molar-refractivity contribution in [3.63, 3.8) is 0 Å². The van der Waals surface area contributed by atoms with Crippen molar-refractivity contribution in [2.75, 3.05) is 6.61 Å². The Morgan fingerprint density at radius 3 is 2.79 bits per heavy atom. The van der Waals surface area contributed by atoms with Gasteiger partial charge in [0.05, 0.1) is 6.61 Å². The molecule has 1 atom stereocenters. The topological polar surface area (TPSA) is 75.6 Å². The minimum atomic E-state index is -1.04. The summed E-state index contributed by atoms with van der Waals surface area (Å²) in [6, 6.07) is 6.82. The molecule has 0 bridgehead atoms. The fourth-order valence-corrected chi connectivity index (χ4v) is 1.50. The molecule has 0 aromatic heterocycles. The average Bonchev–Trinajstić information content (AvgIpc) is 2.34. The lowest BCUT2D eigenvalue weighted by Gasteiger charge is -2.09. The Hall–Kier alpha value is -2.04. The van der Waals surface area contributed by atoms with Crippen LogP contribution in [0.25, 0.3) is 0 Å². The molecule has 104 valence electrons. The fourth-order valence-electron chi connectivity index (χ4n) is 1.50. The van der Waals surface area contributed by atoms with E-state index in [-0.39, 0.29) is 12.3 Å². The van der Waals surface area contributed by atoms with Gasteiger partial charge in [-0.1, -0.05) is 12.1 Å². The molecule has 0 fully saturated rings. The molecule has 0 aliphatic heterocycles. The minimum absolute atomic E-state index is 0.253. The third-order valence-corrected chi connectivity index (χ3v) is 2.55. The van der Waals surface area contributed by atoms with Crippen LogP contribution in [-0.4, -0.2) is 29.6 Å². The number of carboxylic acids is 1. The first-order chi connectivity index (χ1) is 8.99. The number of amides is 1. The van der Waals surface area contributed by atoms with Crippen LogP contribution in [0.1, 0.15) is 25.3 Å². The SMILES string of the molecule is Cc1cccc(OCCCC(=O)N[C@H](C)C(=O)O)c1. The van der Waals surface area contributed by atoms with Gasteiger partial charge in [0.15, 0.2) is 0 Å². The molecule has 19 heavy (non-hydrogen) atoms. The quantitative estimate of drug-likeness (QED) is 0.736. The molecule has 0 radical (unpaired) electrons. The number of carbonyl (C=O) groups excluding carboxylic acids is 1. The van der Waals surface area contributed by atoms with Gasteiger partial charge in [-0.05, 0) is 38.0 Å². The molecule has 0 unspecified atom stereocenters. The highest BCUT2D eigenvalue weighted by Crippen LogP contribution is 2.12. The highest BCUT2D eigenvalue weighted by atomic mass is 16.5. The lowest BCUT2D eigenvalue weighted by Crippen LogP contribution is -2.38. The predicted octanol–water partition coefficient (Wildman–Crippen LogP) is 1.74. The molecule has 1 amide bonds. The van der Waals surface area contributed by atoms with Crippen molar-refractivity contribution in [1.82, 2.24) is 5.32 Å². The first kappa shape index (κ1) is 15.0. The van der Waals surface area contributed by atoms with Crippen molar-refractivity contribution in [2.24, 2.45) is 0 Å². The second-order valence-corrected chi connectivity index (χ2v) is 4.40. The number of aliphatic carboxylic acids is 1. The predicted molar refractivity (Wildman–Crippen MR) is 71.1 cm³/mol. The first-order valence-corrected chi connectivity index (χ1v) is 6.20. The van der Waals surface area contributed by atoms with Gasteiger partial charge in [-0.25, -0.2) is 0 Å². The maximum absolute atomic E-state index is 11.4. The maximum atomic E-state index is 11.4. The van der Waals surface area contributed by atoms with E-state index < -0.39 is 12.0 Å². The number of benzene rings is 1. The number of carbonyl (C=O) groups is 2. The molecule has 5 nitrogen and oxygen atoms in total. The van der Waals surface area contributed by atoms with Crippen LogP contribution in [0.3, 0.4) is 0 Å². The Balaban J connectivity index is 2.20. The number of ether oxygens (including phenoxy) is 1. The molecule has 1 rings (SSSR count). The van der Waals surface area contributed by atoms with Crippen molar-refractivity contribution < 1.29 is 19.4 Å². The maximum Gasteiger partial charge on any atom is 0.325 e. The van der Waals surface area contributed by atoms with E-state index in [0.717, 1.165) is 11.3 Å². The zero-order valence-electron chi connectivity index (χ0n) is 11.2. The van der Waals surface area contributed by atoms with Crippen LogP contribution in [0.15, 0.2) is 24.3 Å². The van der Waals surface area contributed by atoms with Gasteiger partial charge in [0.2, 0.25) is 5.91 Å². The van der Waals surface area contributed by atoms with Gasteiger partial charge in [0, 0.05) is 6.42 Å². The van der Waals surface area contributed by atoms with Gasteiger partial charge in [-0.15, -0.1) is 0 Å². The van der Waals surface area contributed by atoms with Crippen LogP contribution in [-0.2, 0) is 9.59 Å². The third kappa shape index (κ3) is 5.90. The Morgan fingerprint density at radius 1 is 1.42 bits per heavy atom. The van der Waals surface area contributed by atoms with Gasteiger partial charge in [0.25, 0.3) is 0 Å². The second-order valence-electron chi connectivity index (χ2n) is 4.40. The molecule has 0 aliphatic rings. The Kier molecular flexibility index (Phi) is 5.85. The fraction of sp³-hybridized carbons (Fsp3) is 0.429. The summed E-state index contributed by atoms with van der Waals surface area (Å²) in [6.07, 6.45) is 0.801. The zero-order chi connectivity index (χ0) is 14.3. The standard InChI is InChI=1S/C14H19NO4/c1-10-5-3-6-12(9-10)19-8-4-7-13(16)15-11(2)14(17)18/h3,5-6,9,11H,4,7-8H2,1-2H3,(H,15,16)(H,17,18)/t11-/m1/s1. The summed E-state index contributed by atoms with van der Waals surface area (Å²) in [6.45, 7) is 3.84. The molecular weight excluding hydrogens is 246 g/mol. The highest BCUT2D eigenvalue weighted by molar-refractivity contribution is 5.83.